The molecule has 0 amide bonds. The molecule has 0 saturated carbocycles. The van der Waals surface area contributed by atoms with Gasteiger partial charge in [0, 0.05) is 0 Å². The average Bonchev–Trinajstić information content (AvgIpc) is 2.60. The molecule has 0 fully saturated rings. The predicted octanol–water partition coefficient (Wildman–Crippen LogP) is 3.33. The summed E-state index contributed by atoms with van der Waals surface area (Å²) in [5.74, 6) is -0.753. The number of carbonyl (C=O) groups is 2. The van der Waals surface area contributed by atoms with Crippen molar-refractivity contribution in [1.29, 1.82) is 0 Å². The molecule has 2 aromatic carbocycles. The highest BCUT2D eigenvalue weighted by atomic mass is 16.6. The van der Waals surface area contributed by atoms with Gasteiger partial charge in [-0.1, -0.05) is 35.4 Å². The van der Waals surface area contributed by atoms with Crippen LogP contribution in [0, 0.1) is 13.8 Å². The lowest BCUT2D eigenvalue weighted by atomic mass is 10.1. The van der Waals surface area contributed by atoms with Gasteiger partial charge in [0.1, 0.15) is 13.2 Å². The van der Waals surface area contributed by atoms with Crippen molar-refractivity contribution >= 4 is 11.9 Å². The van der Waals surface area contributed by atoms with E-state index in [9.17, 15) is 9.59 Å². The van der Waals surface area contributed by atoms with Gasteiger partial charge >= 0.3 is 11.9 Å². The third-order valence-electron chi connectivity index (χ3n) is 3.43. The van der Waals surface area contributed by atoms with Crippen molar-refractivity contribution in [3.05, 3.63) is 70.8 Å². The maximum Gasteiger partial charge on any atom is 0.338 e. The molecule has 0 spiro atoms. The summed E-state index contributed by atoms with van der Waals surface area (Å²) in [5.41, 5.74) is 3.04. The molecular formula is C20H22O5. The molecule has 0 aliphatic carbocycles. The number of benzene rings is 2. The normalized spacial score (nSPS) is 10.3. The van der Waals surface area contributed by atoms with Gasteiger partial charge in [0.2, 0.25) is 0 Å². The summed E-state index contributed by atoms with van der Waals surface area (Å²) in [6, 6.07) is 14.4. The van der Waals surface area contributed by atoms with Crippen LogP contribution in [0.3, 0.4) is 0 Å². The van der Waals surface area contributed by atoms with Crippen molar-refractivity contribution in [2.24, 2.45) is 0 Å². The monoisotopic (exact) mass is 342 g/mol. The van der Waals surface area contributed by atoms with Gasteiger partial charge in [0.15, 0.2) is 0 Å². The van der Waals surface area contributed by atoms with Crippen LogP contribution >= 0.6 is 0 Å². The molecule has 132 valence electrons. The lowest BCUT2D eigenvalue weighted by molar-refractivity contribution is 0.0151. The van der Waals surface area contributed by atoms with E-state index in [4.69, 9.17) is 14.2 Å². The lowest BCUT2D eigenvalue weighted by Gasteiger charge is -2.08. The van der Waals surface area contributed by atoms with Crippen LogP contribution in [0.1, 0.15) is 31.8 Å². The molecular weight excluding hydrogens is 320 g/mol. The highest BCUT2D eigenvalue weighted by molar-refractivity contribution is 5.90. The lowest BCUT2D eigenvalue weighted by Crippen LogP contribution is -2.15. The van der Waals surface area contributed by atoms with Crippen LogP contribution < -0.4 is 0 Å². The van der Waals surface area contributed by atoms with E-state index in [1.165, 1.54) is 0 Å². The molecule has 0 aliphatic rings. The summed E-state index contributed by atoms with van der Waals surface area (Å²) in [7, 11) is 0. The molecule has 2 rings (SSSR count). The second-order valence-corrected chi connectivity index (χ2v) is 5.62. The van der Waals surface area contributed by atoms with Crippen LogP contribution in [0.15, 0.2) is 48.5 Å². The third-order valence-corrected chi connectivity index (χ3v) is 3.43. The third kappa shape index (κ3) is 6.39. The van der Waals surface area contributed by atoms with Crippen molar-refractivity contribution < 1.29 is 23.8 Å². The molecule has 0 aliphatic heterocycles. The number of aryl methyl sites for hydroxylation is 2. The van der Waals surface area contributed by atoms with Gasteiger partial charge in [0.05, 0.1) is 24.3 Å². The Hall–Kier alpha value is -2.66. The highest BCUT2D eigenvalue weighted by Crippen LogP contribution is 2.06. The van der Waals surface area contributed by atoms with Crippen molar-refractivity contribution in [3.8, 4) is 0 Å². The summed E-state index contributed by atoms with van der Waals surface area (Å²) < 4.78 is 15.5. The SMILES string of the molecule is Cc1cccc(C(=O)OCCOCCOC(=O)c2cccc(C)c2)c1. The summed E-state index contributed by atoms with van der Waals surface area (Å²) in [4.78, 5) is 23.6. The molecule has 0 N–H and O–H groups in total. The van der Waals surface area contributed by atoms with Gasteiger partial charge in [-0.3, -0.25) is 0 Å². The number of carbonyl (C=O) groups excluding carboxylic acids is 2. The van der Waals surface area contributed by atoms with E-state index in [0.29, 0.717) is 11.1 Å². The zero-order valence-electron chi connectivity index (χ0n) is 14.5. The molecule has 25 heavy (non-hydrogen) atoms. The molecule has 0 atom stereocenters. The predicted molar refractivity (Wildman–Crippen MR) is 93.7 cm³/mol. The minimum atomic E-state index is -0.377. The number of rotatable bonds is 8. The molecule has 0 aromatic heterocycles. The second kappa shape index (κ2) is 9.59. The van der Waals surface area contributed by atoms with Crippen molar-refractivity contribution in [2.75, 3.05) is 26.4 Å². The Morgan fingerprint density at radius 2 is 1.16 bits per heavy atom. The van der Waals surface area contributed by atoms with E-state index in [-0.39, 0.29) is 38.4 Å². The van der Waals surface area contributed by atoms with E-state index in [1.54, 1.807) is 24.3 Å². The zero-order chi connectivity index (χ0) is 18.1. The van der Waals surface area contributed by atoms with E-state index in [0.717, 1.165) is 11.1 Å². The van der Waals surface area contributed by atoms with Crippen LogP contribution in [-0.2, 0) is 14.2 Å². The first-order valence-corrected chi connectivity index (χ1v) is 8.11. The van der Waals surface area contributed by atoms with Gasteiger partial charge in [-0.2, -0.15) is 0 Å². The number of esters is 2. The molecule has 0 bridgehead atoms. The van der Waals surface area contributed by atoms with E-state index in [2.05, 4.69) is 0 Å². The molecule has 0 radical (unpaired) electrons. The Morgan fingerprint density at radius 1 is 0.720 bits per heavy atom. The Bertz CT molecular complexity index is 662. The van der Waals surface area contributed by atoms with E-state index >= 15 is 0 Å². The number of hydrogen-bond acceptors (Lipinski definition) is 5. The van der Waals surface area contributed by atoms with Crippen LogP contribution in [0.5, 0.6) is 0 Å². The first-order valence-electron chi connectivity index (χ1n) is 8.11. The summed E-state index contributed by atoms with van der Waals surface area (Å²) >= 11 is 0. The summed E-state index contributed by atoms with van der Waals surface area (Å²) in [6.07, 6.45) is 0. The first kappa shape index (κ1) is 18.7. The maximum absolute atomic E-state index is 11.8. The quantitative estimate of drug-likeness (QED) is 0.544. The Labute approximate surface area is 147 Å². The Morgan fingerprint density at radius 3 is 1.56 bits per heavy atom. The number of ether oxygens (including phenoxy) is 3. The van der Waals surface area contributed by atoms with Crippen LogP contribution in [0.2, 0.25) is 0 Å². The fourth-order valence-electron chi connectivity index (χ4n) is 2.20. The standard InChI is InChI=1S/C20H22O5/c1-15-5-3-7-17(13-15)19(21)24-11-9-23-10-12-25-20(22)18-8-4-6-16(2)14-18/h3-8,13-14H,9-12H2,1-2H3. The number of hydrogen-bond donors (Lipinski definition) is 0. The minimum absolute atomic E-state index is 0.151. The molecule has 0 heterocycles. The largest absolute Gasteiger partial charge is 0.460 e. The smallest absolute Gasteiger partial charge is 0.338 e. The summed E-state index contributed by atoms with van der Waals surface area (Å²) in [5, 5.41) is 0. The van der Waals surface area contributed by atoms with Crippen LogP contribution in [-0.4, -0.2) is 38.4 Å². The first-order chi connectivity index (χ1) is 12.1. The van der Waals surface area contributed by atoms with E-state index < -0.39 is 0 Å². The second-order valence-electron chi connectivity index (χ2n) is 5.62. The zero-order valence-corrected chi connectivity index (χ0v) is 14.5. The topological polar surface area (TPSA) is 61.8 Å². The Balaban J connectivity index is 1.58. The van der Waals surface area contributed by atoms with Crippen LogP contribution in [0.4, 0.5) is 0 Å². The molecule has 0 unspecified atom stereocenters. The Kier molecular flexibility index (Phi) is 7.16. The van der Waals surface area contributed by atoms with E-state index in [1.807, 2.05) is 38.1 Å². The van der Waals surface area contributed by atoms with Gasteiger partial charge in [-0.05, 0) is 38.1 Å². The van der Waals surface area contributed by atoms with Gasteiger partial charge in [-0.25, -0.2) is 9.59 Å². The summed E-state index contributed by atoms with van der Waals surface area (Å²) in [6.45, 7) is 4.63. The molecule has 5 heteroatoms. The molecule has 5 nitrogen and oxygen atoms in total. The van der Waals surface area contributed by atoms with Crippen molar-refractivity contribution in [2.45, 2.75) is 13.8 Å². The van der Waals surface area contributed by atoms with Gasteiger partial charge in [0.25, 0.3) is 0 Å². The fraction of sp³-hybridized carbons (Fsp3) is 0.300. The van der Waals surface area contributed by atoms with Crippen LogP contribution in [0.25, 0.3) is 0 Å². The molecule has 0 saturated heterocycles. The maximum atomic E-state index is 11.8. The minimum Gasteiger partial charge on any atom is -0.460 e. The average molecular weight is 342 g/mol. The van der Waals surface area contributed by atoms with Gasteiger partial charge < -0.3 is 14.2 Å². The fourth-order valence-corrected chi connectivity index (χ4v) is 2.20. The van der Waals surface area contributed by atoms with Gasteiger partial charge in [-0.15, -0.1) is 0 Å². The van der Waals surface area contributed by atoms with Crippen molar-refractivity contribution in [3.63, 3.8) is 0 Å². The highest BCUT2D eigenvalue weighted by Gasteiger charge is 2.08. The molecule has 2 aromatic rings. The van der Waals surface area contributed by atoms with Crippen molar-refractivity contribution in [1.82, 2.24) is 0 Å².